The highest BCUT2D eigenvalue weighted by Crippen LogP contribution is 2.25. The quantitative estimate of drug-likeness (QED) is 0.737. The Morgan fingerprint density at radius 3 is 3.13 bits per heavy atom. The first kappa shape index (κ1) is 11.7. The third kappa shape index (κ3) is 3.07. The number of rotatable bonds is 2. The highest BCUT2D eigenvalue weighted by Gasteiger charge is 2.24. The van der Waals surface area contributed by atoms with E-state index in [1.165, 1.54) is 0 Å². The Kier molecular flexibility index (Phi) is 4.32. The van der Waals surface area contributed by atoms with E-state index in [1.807, 2.05) is 6.07 Å². The summed E-state index contributed by atoms with van der Waals surface area (Å²) in [6.07, 6.45) is 3.33. The Morgan fingerprint density at radius 1 is 1.80 bits per heavy atom. The van der Waals surface area contributed by atoms with E-state index in [4.69, 9.17) is 10.4 Å². The molecule has 82 valence electrons. The average Bonchev–Trinajstić information content (AvgIpc) is 2.18. The zero-order chi connectivity index (χ0) is 11.3. The van der Waals surface area contributed by atoms with Gasteiger partial charge in [-0.2, -0.15) is 5.26 Å². The van der Waals surface area contributed by atoms with Crippen LogP contribution in [0.2, 0.25) is 0 Å². The highest BCUT2D eigenvalue weighted by molar-refractivity contribution is 5.80. The molecule has 4 nitrogen and oxygen atoms in total. The van der Waals surface area contributed by atoms with Gasteiger partial charge < -0.3 is 10.0 Å². The van der Waals surface area contributed by atoms with E-state index < -0.39 is 0 Å². The van der Waals surface area contributed by atoms with E-state index in [-0.39, 0.29) is 18.9 Å². The van der Waals surface area contributed by atoms with Crippen molar-refractivity contribution in [1.29, 1.82) is 5.26 Å². The van der Waals surface area contributed by atoms with E-state index in [9.17, 15) is 4.79 Å². The molecule has 4 heteroatoms. The number of aliphatic hydroxyl groups is 1. The molecule has 1 unspecified atom stereocenters. The first-order chi connectivity index (χ1) is 7.19. The van der Waals surface area contributed by atoms with Crippen molar-refractivity contribution >= 4 is 5.91 Å². The van der Waals surface area contributed by atoms with Gasteiger partial charge in [-0.25, -0.2) is 0 Å². The minimum Gasteiger partial charge on any atom is -0.392 e. The van der Waals surface area contributed by atoms with Crippen LogP contribution >= 0.6 is 0 Å². The largest absolute Gasteiger partial charge is 0.392 e. The molecule has 1 atom stereocenters. The Bertz CT molecular complexity index is 304. The van der Waals surface area contributed by atoms with Gasteiger partial charge in [-0.05, 0) is 24.8 Å². The molecule has 0 aromatic carbocycles. The number of hydrogen-bond donors (Lipinski definition) is 1. The van der Waals surface area contributed by atoms with Crippen molar-refractivity contribution < 1.29 is 9.90 Å². The summed E-state index contributed by atoms with van der Waals surface area (Å²) in [4.78, 5) is 13.2. The van der Waals surface area contributed by atoms with Crippen molar-refractivity contribution in [3.63, 3.8) is 0 Å². The lowest BCUT2D eigenvalue weighted by Crippen LogP contribution is -2.36. The first-order valence-electron chi connectivity index (χ1n) is 5.16. The van der Waals surface area contributed by atoms with Crippen molar-refractivity contribution in [2.24, 2.45) is 5.92 Å². The van der Waals surface area contributed by atoms with Gasteiger partial charge in [-0.3, -0.25) is 4.79 Å². The van der Waals surface area contributed by atoms with Crippen molar-refractivity contribution in [2.45, 2.75) is 26.2 Å². The Hall–Kier alpha value is -1.34. The van der Waals surface area contributed by atoms with Crippen LogP contribution in [0.5, 0.6) is 0 Å². The van der Waals surface area contributed by atoms with Gasteiger partial charge in [-0.1, -0.05) is 6.92 Å². The Labute approximate surface area is 89.8 Å². The Morgan fingerprint density at radius 2 is 2.53 bits per heavy atom. The lowest BCUT2D eigenvalue weighted by atomic mass is 9.95. The lowest BCUT2D eigenvalue weighted by Gasteiger charge is -2.32. The lowest BCUT2D eigenvalue weighted by molar-refractivity contribution is -0.129. The molecule has 0 aromatic heterocycles. The number of hydrogen-bond acceptors (Lipinski definition) is 3. The molecule has 0 aliphatic carbocycles. The maximum absolute atomic E-state index is 11.6. The number of piperidine rings is 1. The van der Waals surface area contributed by atoms with Crippen molar-refractivity contribution in [3.05, 3.63) is 11.8 Å². The average molecular weight is 208 g/mol. The third-order valence-corrected chi connectivity index (χ3v) is 2.61. The number of carbonyl (C=O) groups excluding carboxylic acids is 1. The molecule has 1 fully saturated rings. The minimum atomic E-state index is -0.163. The normalized spacial score (nSPS) is 23.9. The predicted molar refractivity (Wildman–Crippen MR) is 55.5 cm³/mol. The van der Waals surface area contributed by atoms with Gasteiger partial charge in [0.25, 0.3) is 0 Å². The molecule has 1 rings (SSSR count). The summed E-state index contributed by atoms with van der Waals surface area (Å²) in [5.74, 6) is 0.373. The molecule has 1 aliphatic heterocycles. The molecule has 1 amide bonds. The van der Waals surface area contributed by atoms with Crippen LogP contribution in [0.3, 0.4) is 0 Å². The molecule has 15 heavy (non-hydrogen) atoms. The number of aliphatic hydroxyl groups excluding tert-OH is 1. The van der Waals surface area contributed by atoms with Gasteiger partial charge in [0.2, 0.25) is 5.91 Å². The van der Waals surface area contributed by atoms with E-state index in [2.05, 4.69) is 6.92 Å². The topological polar surface area (TPSA) is 64.3 Å². The smallest absolute Gasteiger partial charge is 0.240 e. The van der Waals surface area contributed by atoms with Crippen LogP contribution in [0.15, 0.2) is 11.8 Å². The molecule has 0 spiro atoms. The van der Waals surface area contributed by atoms with Crippen LogP contribution in [0.25, 0.3) is 0 Å². The molecule has 1 saturated heterocycles. The molecule has 1 heterocycles. The monoisotopic (exact) mass is 208 g/mol. The summed E-state index contributed by atoms with van der Waals surface area (Å²) in [5.41, 5.74) is 0.858. The molecule has 1 aliphatic rings. The Balaban J connectivity index is 2.73. The third-order valence-electron chi connectivity index (χ3n) is 2.61. The van der Waals surface area contributed by atoms with Gasteiger partial charge in [0, 0.05) is 12.2 Å². The number of nitrogens with zero attached hydrogens (tertiary/aromatic N) is 2. The van der Waals surface area contributed by atoms with E-state index in [0.717, 1.165) is 18.5 Å². The van der Waals surface area contributed by atoms with Gasteiger partial charge in [0.1, 0.15) is 6.42 Å². The molecule has 1 N–H and O–H groups in total. The van der Waals surface area contributed by atoms with Gasteiger partial charge >= 0.3 is 0 Å². The number of allylic oxidation sites excluding steroid dienone is 1. The summed E-state index contributed by atoms with van der Waals surface area (Å²) < 4.78 is 0. The zero-order valence-electron chi connectivity index (χ0n) is 8.94. The predicted octanol–water partition coefficient (Wildman–Crippen LogP) is 1.03. The maximum Gasteiger partial charge on any atom is 0.240 e. The minimum absolute atomic E-state index is 0.0572. The summed E-state index contributed by atoms with van der Waals surface area (Å²) in [5, 5.41) is 17.3. The summed E-state index contributed by atoms with van der Waals surface area (Å²) in [7, 11) is 0. The second kappa shape index (κ2) is 5.52. The van der Waals surface area contributed by atoms with Crippen LogP contribution in [0.1, 0.15) is 26.2 Å². The van der Waals surface area contributed by atoms with E-state index in [0.29, 0.717) is 12.5 Å². The van der Waals surface area contributed by atoms with Crippen molar-refractivity contribution in [2.75, 3.05) is 13.2 Å². The number of amides is 1. The standard InChI is InChI=1S/C11H16N2O2/c1-9-3-6-13(11(15)2-5-12)10(8-9)4-7-14/h4,9,14H,2-3,6-8H2,1H3. The maximum atomic E-state index is 11.6. The fraction of sp³-hybridized carbons (Fsp3) is 0.636. The molecule has 0 radical (unpaired) electrons. The first-order valence-corrected chi connectivity index (χ1v) is 5.16. The molecule has 0 bridgehead atoms. The van der Waals surface area contributed by atoms with Crippen LogP contribution in [0.4, 0.5) is 0 Å². The second-order valence-electron chi connectivity index (χ2n) is 3.86. The van der Waals surface area contributed by atoms with E-state index >= 15 is 0 Å². The zero-order valence-corrected chi connectivity index (χ0v) is 8.94. The fourth-order valence-corrected chi connectivity index (χ4v) is 1.81. The molecule has 0 saturated carbocycles. The second-order valence-corrected chi connectivity index (χ2v) is 3.86. The highest BCUT2D eigenvalue weighted by atomic mass is 16.2. The number of carbonyl (C=O) groups is 1. The van der Waals surface area contributed by atoms with Crippen LogP contribution in [0, 0.1) is 17.2 Å². The van der Waals surface area contributed by atoms with Gasteiger partial charge in [0.15, 0.2) is 0 Å². The number of nitriles is 1. The van der Waals surface area contributed by atoms with Crippen molar-refractivity contribution in [1.82, 2.24) is 4.90 Å². The van der Waals surface area contributed by atoms with E-state index in [1.54, 1.807) is 11.0 Å². The SMILES string of the molecule is CC1CCN(C(=O)CC#N)C(=CCO)C1. The van der Waals surface area contributed by atoms with Crippen LogP contribution < -0.4 is 0 Å². The fourth-order valence-electron chi connectivity index (χ4n) is 1.81. The number of likely N-dealkylation sites (tertiary alicyclic amines) is 1. The summed E-state index contributed by atoms with van der Waals surface area (Å²) in [6, 6.07) is 1.86. The molecule has 0 aromatic rings. The molecular weight excluding hydrogens is 192 g/mol. The van der Waals surface area contributed by atoms with Crippen LogP contribution in [-0.4, -0.2) is 29.1 Å². The summed E-state index contributed by atoms with van der Waals surface area (Å²) >= 11 is 0. The van der Waals surface area contributed by atoms with Crippen molar-refractivity contribution in [3.8, 4) is 6.07 Å². The van der Waals surface area contributed by atoms with Gasteiger partial charge in [0.05, 0.1) is 12.7 Å². The summed E-state index contributed by atoms with van der Waals surface area (Å²) in [6.45, 7) is 2.73. The van der Waals surface area contributed by atoms with Gasteiger partial charge in [-0.15, -0.1) is 0 Å². The molecular formula is C11H16N2O2. The van der Waals surface area contributed by atoms with Crippen LogP contribution in [-0.2, 0) is 4.79 Å².